The van der Waals surface area contributed by atoms with Crippen LogP contribution in [0.5, 0.6) is 0 Å². The lowest BCUT2D eigenvalue weighted by atomic mass is 9.98. The van der Waals surface area contributed by atoms with Crippen LogP contribution in [-0.2, 0) is 0 Å². The maximum atomic E-state index is 12.8. The lowest BCUT2D eigenvalue weighted by Gasteiger charge is -2.15. The van der Waals surface area contributed by atoms with E-state index >= 15 is 0 Å². The third kappa shape index (κ3) is 3.79. The predicted molar refractivity (Wildman–Crippen MR) is 135 cm³/mol. The molecule has 2 aromatic heterocycles. The topological polar surface area (TPSA) is 46.9 Å². The molecule has 0 aliphatic rings. The van der Waals surface area contributed by atoms with Crippen molar-refractivity contribution in [3.63, 3.8) is 0 Å². The molecule has 0 aliphatic carbocycles. The number of hydrogen-bond acceptors (Lipinski definition) is 2. The zero-order chi connectivity index (χ0) is 22.9. The maximum Gasteiger partial charge on any atom is 0.270 e. The predicted octanol–water partition coefficient (Wildman–Crippen LogP) is 7.02. The van der Waals surface area contributed by atoms with Crippen LogP contribution in [0.15, 0.2) is 91.0 Å². The van der Waals surface area contributed by atoms with Gasteiger partial charge in [-0.1, -0.05) is 78.3 Å². The van der Waals surface area contributed by atoms with Crippen LogP contribution >= 0.6 is 11.6 Å². The average molecular weight is 452 g/mol. The summed E-state index contributed by atoms with van der Waals surface area (Å²) in [5.41, 5.74) is 9.78. The zero-order valence-corrected chi connectivity index (χ0v) is 19.1. The summed E-state index contributed by atoms with van der Waals surface area (Å²) in [7, 11) is 0. The zero-order valence-electron chi connectivity index (χ0n) is 18.3. The number of para-hydroxylation sites is 1. The Hall–Kier alpha value is -3.89. The summed E-state index contributed by atoms with van der Waals surface area (Å²) in [6.45, 7) is 3.91. The van der Waals surface area contributed by atoms with Crippen LogP contribution in [-0.4, -0.2) is 15.6 Å². The van der Waals surface area contributed by atoms with Gasteiger partial charge in [0.15, 0.2) is 0 Å². The fourth-order valence-corrected chi connectivity index (χ4v) is 4.54. The van der Waals surface area contributed by atoms with Crippen molar-refractivity contribution in [2.24, 2.45) is 0 Å². The van der Waals surface area contributed by atoms with Gasteiger partial charge in [0.2, 0.25) is 0 Å². The highest BCUT2D eigenvalue weighted by atomic mass is 35.5. The van der Waals surface area contributed by atoms with Gasteiger partial charge < -0.3 is 0 Å². The van der Waals surface area contributed by atoms with E-state index in [1.54, 1.807) is 16.8 Å². The molecule has 0 atom stereocenters. The number of aromatic nitrogens is 2. The van der Waals surface area contributed by atoms with Gasteiger partial charge in [0.25, 0.3) is 5.91 Å². The van der Waals surface area contributed by atoms with Gasteiger partial charge in [-0.15, -0.1) is 0 Å². The molecule has 0 spiro atoms. The third-order valence-corrected chi connectivity index (χ3v) is 6.20. The van der Waals surface area contributed by atoms with E-state index in [1.165, 1.54) is 0 Å². The van der Waals surface area contributed by atoms with Crippen LogP contribution in [0.4, 0.5) is 0 Å². The van der Waals surface area contributed by atoms with Crippen molar-refractivity contribution in [3.8, 4) is 22.4 Å². The molecule has 0 saturated carbocycles. The summed E-state index contributed by atoms with van der Waals surface area (Å²) in [5.74, 6) is -0.175. The van der Waals surface area contributed by atoms with E-state index in [4.69, 9.17) is 16.6 Å². The van der Waals surface area contributed by atoms with E-state index in [2.05, 4.69) is 17.6 Å². The van der Waals surface area contributed by atoms with Crippen LogP contribution in [0.2, 0.25) is 5.02 Å². The first-order valence-electron chi connectivity index (χ1n) is 10.7. The molecule has 5 heteroatoms. The molecule has 1 N–H and O–H groups in total. The number of nitrogens with zero attached hydrogens (tertiary/aromatic N) is 2. The van der Waals surface area contributed by atoms with Crippen molar-refractivity contribution in [2.75, 3.05) is 5.43 Å². The van der Waals surface area contributed by atoms with Crippen molar-refractivity contribution >= 4 is 28.4 Å². The second-order valence-corrected chi connectivity index (χ2v) is 8.34. The summed E-state index contributed by atoms with van der Waals surface area (Å²) >= 11 is 7.03. The quantitative estimate of drug-likeness (QED) is 0.319. The highest BCUT2D eigenvalue weighted by Crippen LogP contribution is 2.41. The smallest absolute Gasteiger partial charge is 0.267 e. The first kappa shape index (κ1) is 21.0. The maximum absolute atomic E-state index is 12.8. The van der Waals surface area contributed by atoms with Gasteiger partial charge >= 0.3 is 0 Å². The summed E-state index contributed by atoms with van der Waals surface area (Å²) in [5, 5.41) is 1.60. The van der Waals surface area contributed by atoms with E-state index < -0.39 is 0 Å². The fraction of sp³-hybridized carbons (Fsp3) is 0.0714. The number of benzene rings is 3. The van der Waals surface area contributed by atoms with Gasteiger partial charge in [-0.25, -0.2) is 4.98 Å². The summed E-state index contributed by atoms with van der Waals surface area (Å²) in [4.78, 5) is 17.7. The average Bonchev–Trinajstić information content (AvgIpc) is 3.13. The molecule has 0 bridgehead atoms. The standard InChI is InChI=1S/C28H22ClN3O/c1-18-17-23(19(2)32(18)31-28(33)21-13-7-4-8-14-21)27-26(29)25(20-11-5-3-6-12-20)22-15-9-10-16-24(22)30-27/h3-17H,1-2H3,(H,31,33). The van der Waals surface area contributed by atoms with Gasteiger partial charge in [-0.05, 0) is 43.7 Å². The van der Waals surface area contributed by atoms with Crippen molar-refractivity contribution in [2.45, 2.75) is 13.8 Å². The molecule has 0 radical (unpaired) electrons. The number of amides is 1. The van der Waals surface area contributed by atoms with Crippen molar-refractivity contribution in [3.05, 3.63) is 113 Å². The number of fused-ring (bicyclic) bond motifs is 1. The first-order chi connectivity index (χ1) is 16.0. The molecule has 162 valence electrons. The molecule has 3 aromatic carbocycles. The summed E-state index contributed by atoms with van der Waals surface area (Å²) in [6, 6.07) is 29.3. The molecule has 0 saturated heterocycles. The van der Waals surface area contributed by atoms with Crippen molar-refractivity contribution in [1.29, 1.82) is 0 Å². The summed E-state index contributed by atoms with van der Waals surface area (Å²) in [6.07, 6.45) is 0. The van der Waals surface area contributed by atoms with Gasteiger partial charge in [0.05, 0.1) is 16.2 Å². The van der Waals surface area contributed by atoms with E-state index in [-0.39, 0.29) is 5.91 Å². The second-order valence-electron chi connectivity index (χ2n) is 7.96. The third-order valence-electron chi connectivity index (χ3n) is 5.83. The van der Waals surface area contributed by atoms with Crippen molar-refractivity contribution in [1.82, 2.24) is 9.66 Å². The molecule has 2 heterocycles. The van der Waals surface area contributed by atoms with Crippen LogP contribution < -0.4 is 5.43 Å². The SMILES string of the molecule is Cc1cc(-c2nc3ccccc3c(-c3ccccc3)c2Cl)c(C)n1NC(=O)c1ccccc1. The lowest BCUT2D eigenvalue weighted by molar-refractivity contribution is 0.101. The molecule has 0 unspecified atom stereocenters. The number of carbonyl (C=O) groups excluding carboxylic acids is 1. The Labute approximate surface area is 197 Å². The van der Waals surface area contributed by atoms with Crippen LogP contribution in [0, 0.1) is 13.8 Å². The highest BCUT2D eigenvalue weighted by Gasteiger charge is 2.21. The Morgan fingerprint density at radius 2 is 1.52 bits per heavy atom. The highest BCUT2D eigenvalue weighted by molar-refractivity contribution is 6.37. The Bertz CT molecular complexity index is 1470. The Morgan fingerprint density at radius 3 is 2.24 bits per heavy atom. The van der Waals surface area contributed by atoms with Gasteiger partial charge in [0, 0.05) is 33.5 Å². The van der Waals surface area contributed by atoms with E-state index in [0.29, 0.717) is 16.3 Å². The first-order valence-corrected chi connectivity index (χ1v) is 11.1. The van der Waals surface area contributed by atoms with Crippen LogP contribution in [0.3, 0.4) is 0 Å². The Morgan fingerprint density at radius 1 is 0.879 bits per heavy atom. The molecule has 1 amide bonds. The molecule has 5 rings (SSSR count). The molecular formula is C28H22ClN3O. The van der Waals surface area contributed by atoms with Crippen LogP contribution in [0.1, 0.15) is 21.7 Å². The minimum Gasteiger partial charge on any atom is -0.267 e. The number of nitrogens with one attached hydrogen (secondary N) is 1. The van der Waals surface area contributed by atoms with E-state index in [0.717, 1.165) is 39.0 Å². The van der Waals surface area contributed by atoms with Gasteiger partial charge in [-0.3, -0.25) is 14.9 Å². The molecule has 0 aliphatic heterocycles. The van der Waals surface area contributed by atoms with Crippen LogP contribution in [0.25, 0.3) is 33.3 Å². The lowest BCUT2D eigenvalue weighted by Crippen LogP contribution is -2.24. The van der Waals surface area contributed by atoms with Gasteiger partial charge in [-0.2, -0.15) is 0 Å². The molecule has 33 heavy (non-hydrogen) atoms. The minimum absolute atomic E-state index is 0.175. The van der Waals surface area contributed by atoms with E-state index in [9.17, 15) is 4.79 Å². The molecule has 5 aromatic rings. The minimum atomic E-state index is -0.175. The fourth-order valence-electron chi connectivity index (χ4n) is 4.18. The number of hydrogen-bond donors (Lipinski definition) is 1. The largest absolute Gasteiger partial charge is 0.270 e. The number of carbonyl (C=O) groups is 1. The molecular weight excluding hydrogens is 430 g/mol. The van der Waals surface area contributed by atoms with E-state index in [1.807, 2.05) is 80.6 Å². The summed E-state index contributed by atoms with van der Waals surface area (Å²) < 4.78 is 1.79. The normalized spacial score (nSPS) is 11.0. The molecule has 4 nitrogen and oxygen atoms in total. The second kappa shape index (κ2) is 8.57. The number of rotatable bonds is 4. The van der Waals surface area contributed by atoms with Crippen molar-refractivity contribution < 1.29 is 4.79 Å². The molecule has 0 fully saturated rings. The number of aryl methyl sites for hydroxylation is 1. The Balaban J connectivity index is 1.66. The monoisotopic (exact) mass is 451 g/mol. The van der Waals surface area contributed by atoms with Gasteiger partial charge in [0.1, 0.15) is 0 Å². The number of halogens is 1. The Kier molecular flexibility index (Phi) is 5.45. The number of pyridine rings is 1.